The third-order valence-corrected chi connectivity index (χ3v) is 5.39. The molecule has 6 heteroatoms. The molecule has 6 nitrogen and oxygen atoms in total. The highest BCUT2D eigenvalue weighted by molar-refractivity contribution is 5.78. The monoisotopic (exact) mass is 348 g/mol. The molecule has 2 fully saturated rings. The minimum Gasteiger partial charge on any atom is -0.356 e. The predicted octanol–water partition coefficient (Wildman–Crippen LogP) is 2.74. The molecule has 1 amide bonds. The van der Waals surface area contributed by atoms with Crippen molar-refractivity contribution in [2.45, 2.75) is 65.3 Å². The van der Waals surface area contributed by atoms with Crippen LogP contribution in [0.3, 0.4) is 0 Å². The number of rotatable bonds is 6. The summed E-state index contributed by atoms with van der Waals surface area (Å²) < 4.78 is 5.39. The van der Waals surface area contributed by atoms with Crippen molar-refractivity contribution in [1.29, 1.82) is 0 Å². The lowest BCUT2D eigenvalue weighted by atomic mass is 9.97. The molecular weight excluding hydrogens is 316 g/mol. The average Bonchev–Trinajstić information content (AvgIpc) is 3.30. The lowest BCUT2D eigenvalue weighted by molar-refractivity contribution is -0.125. The Morgan fingerprint density at radius 2 is 2.12 bits per heavy atom. The molecule has 0 aromatic carbocycles. The number of nitrogens with zero attached hydrogens (tertiary/aromatic N) is 3. The number of hydrogen-bond donors (Lipinski definition) is 1. The number of piperidine rings is 1. The van der Waals surface area contributed by atoms with Gasteiger partial charge in [0, 0.05) is 24.4 Å². The zero-order chi connectivity index (χ0) is 18.0. The highest BCUT2D eigenvalue weighted by Gasteiger charge is 2.33. The number of aromatic nitrogens is 2. The van der Waals surface area contributed by atoms with Gasteiger partial charge in [-0.15, -0.1) is 0 Å². The molecule has 2 atom stereocenters. The first kappa shape index (κ1) is 18.4. The summed E-state index contributed by atoms with van der Waals surface area (Å²) in [5.74, 6) is 2.99. The Morgan fingerprint density at radius 3 is 2.76 bits per heavy atom. The summed E-state index contributed by atoms with van der Waals surface area (Å²) in [6.45, 7) is 11.8. The van der Waals surface area contributed by atoms with Gasteiger partial charge in [-0.3, -0.25) is 9.69 Å². The average molecular weight is 348 g/mol. The van der Waals surface area contributed by atoms with Gasteiger partial charge < -0.3 is 9.84 Å². The van der Waals surface area contributed by atoms with Crippen LogP contribution in [-0.4, -0.2) is 40.6 Å². The summed E-state index contributed by atoms with van der Waals surface area (Å²) in [5, 5.41) is 7.29. The molecule has 1 aliphatic carbocycles. The van der Waals surface area contributed by atoms with E-state index in [1.807, 2.05) is 0 Å². The summed E-state index contributed by atoms with van der Waals surface area (Å²) in [7, 11) is 0. The van der Waals surface area contributed by atoms with E-state index < -0.39 is 0 Å². The van der Waals surface area contributed by atoms with Crippen LogP contribution in [-0.2, 0) is 16.8 Å². The summed E-state index contributed by atoms with van der Waals surface area (Å²) in [4.78, 5) is 19.1. The fourth-order valence-corrected chi connectivity index (χ4v) is 3.50. The smallest absolute Gasteiger partial charge is 0.232 e. The van der Waals surface area contributed by atoms with E-state index in [1.54, 1.807) is 0 Å². The Bertz CT molecular complexity index is 588. The fourth-order valence-electron chi connectivity index (χ4n) is 3.50. The van der Waals surface area contributed by atoms with Gasteiger partial charge in [0.05, 0.1) is 6.54 Å². The SMILES string of the molecule is C[C@H](C(=O)NC[C@H]1CCCN(Cc2noc(C(C)(C)C)n2)C1)C1CC1. The highest BCUT2D eigenvalue weighted by atomic mass is 16.5. The third kappa shape index (κ3) is 5.03. The van der Waals surface area contributed by atoms with Gasteiger partial charge >= 0.3 is 0 Å². The van der Waals surface area contributed by atoms with Crippen LogP contribution < -0.4 is 5.32 Å². The van der Waals surface area contributed by atoms with Crippen LogP contribution in [0.15, 0.2) is 4.52 Å². The molecule has 0 unspecified atom stereocenters. The Balaban J connectivity index is 1.46. The Hall–Kier alpha value is -1.43. The van der Waals surface area contributed by atoms with Gasteiger partial charge in [-0.2, -0.15) is 4.98 Å². The number of carbonyl (C=O) groups is 1. The van der Waals surface area contributed by atoms with Gasteiger partial charge in [-0.1, -0.05) is 32.9 Å². The van der Waals surface area contributed by atoms with Gasteiger partial charge in [-0.05, 0) is 44.1 Å². The largest absolute Gasteiger partial charge is 0.356 e. The van der Waals surface area contributed by atoms with Crippen molar-refractivity contribution in [2.75, 3.05) is 19.6 Å². The molecule has 1 aromatic heterocycles. The maximum absolute atomic E-state index is 12.2. The van der Waals surface area contributed by atoms with Gasteiger partial charge in [0.25, 0.3) is 0 Å². The van der Waals surface area contributed by atoms with Crippen LogP contribution in [0.1, 0.15) is 65.1 Å². The van der Waals surface area contributed by atoms with E-state index in [4.69, 9.17) is 4.52 Å². The third-order valence-electron chi connectivity index (χ3n) is 5.39. The van der Waals surface area contributed by atoms with Gasteiger partial charge in [0.2, 0.25) is 11.8 Å². The molecule has 0 spiro atoms. The second-order valence-electron chi connectivity index (χ2n) is 8.88. The van der Waals surface area contributed by atoms with Crippen LogP contribution in [0.2, 0.25) is 0 Å². The number of amides is 1. The Kier molecular flexibility index (Phi) is 5.46. The van der Waals surface area contributed by atoms with E-state index in [1.165, 1.54) is 19.3 Å². The van der Waals surface area contributed by atoms with Crippen LogP contribution in [0.4, 0.5) is 0 Å². The molecule has 0 bridgehead atoms. The van der Waals surface area contributed by atoms with Crippen molar-refractivity contribution >= 4 is 5.91 Å². The highest BCUT2D eigenvalue weighted by Crippen LogP contribution is 2.36. The van der Waals surface area contributed by atoms with Crippen LogP contribution in [0.25, 0.3) is 0 Å². The van der Waals surface area contributed by atoms with Crippen LogP contribution in [0.5, 0.6) is 0 Å². The first-order chi connectivity index (χ1) is 11.8. The number of likely N-dealkylation sites (tertiary alicyclic amines) is 1. The van der Waals surface area contributed by atoms with Crippen molar-refractivity contribution in [3.8, 4) is 0 Å². The van der Waals surface area contributed by atoms with Gasteiger partial charge in [-0.25, -0.2) is 0 Å². The molecule has 140 valence electrons. The standard InChI is InChI=1S/C19H32N4O2/c1-13(15-7-8-15)17(24)20-10-14-6-5-9-23(11-14)12-16-21-18(25-22-16)19(2,3)4/h13-15H,5-12H2,1-4H3,(H,20,24)/t13-,14+/m0/s1. The van der Waals surface area contributed by atoms with Crippen molar-refractivity contribution in [2.24, 2.45) is 17.8 Å². The fraction of sp³-hybridized carbons (Fsp3) is 0.842. The first-order valence-electron chi connectivity index (χ1n) is 9.66. The first-order valence-corrected chi connectivity index (χ1v) is 9.66. The molecule has 2 aliphatic rings. The van der Waals surface area contributed by atoms with E-state index in [2.05, 4.69) is 48.1 Å². The molecule has 1 N–H and O–H groups in total. The van der Waals surface area contributed by atoms with Crippen molar-refractivity contribution in [3.05, 3.63) is 11.7 Å². The van der Waals surface area contributed by atoms with Crippen molar-refractivity contribution < 1.29 is 9.32 Å². The lowest BCUT2D eigenvalue weighted by Gasteiger charge is -2.32. The van der Waals surface area contributed by atoms with E-state index in [-0.39, 0.29) is 17.2 Å². The predicted molar refractivity (Wildman–Crippen MR) is 95.9 cm³/mol. The van der Waals surface area contributed by atoms with Crippen LogP contribution in [0, 0.1) is 17.8 Å². The topological polar surface area (TPSA) is 71.3 Å². The van der Waals surface area contributed by atoms with Crippen LogP contribution >= 0.6 is 0 Å². The second-order valence-corrected chi connectivity index (χ2v) is 8.88. The van der Waals surface area contributed by atoms with Crippen molar-refractivity contribution in [1.82, 2.24) is 20.4 Å². The molecule has 1 aromatic rings. The molecule has 3 rings (SSSR count). The van der Waals surface area contributed by atoms with E-state index in [9.17, 15) is 4.79 Å². The maximum atomic E-state index is 12.2. The summed E-state index contributed by atoms with van der Waals surface area (Å²) >= 11 is 0. The Morgan fingerprint density at radius 1 is 1.36 bits per heavy atom. The summed E-state index contributed by atoms with van der Waals surface area (Å²) in [6.07, 6.45) is 4.76. The zero-order valence-corrected chi connectivity index (χ0v) is 16.0. The molecule has 1 saturated carbocycles. The molecule has 1 saturated heterocycles. The summed E-state index contributed by atoms with van der Waals surface area (Å²) in [6, 6.07) is 0. The lowest BCUT2D eigenvalue weighted by Crippen LogP contribution is -2.42. The van der Waals surface area contributed by atoms with Gasteiger partial charge in [0.15, 0.2) is 5.82 Å². The summed E-state index contributed by atoms with van der Waals surface area (Å²) in [5.41, 5.74) is -0.113. The van der Waals surface area contributed by atoms with E-state index >= 15 is 0 Å². The van der Waals surface area contributed by atoms with E-state index in [0.717, 1.165) is 38.4 Å². The normalized spacial score (nSPS) is 23.4. The Labute approximate surface area is 150 Å². The van der Waals surface area contributed by atoms with Gasteiger partial charge in [0.1, 0.15) is 0 Å². The molecule has 0 radical (unpaired) electrons. The van der Waals surface area contributed by atoms with E-state index in [0.29, 0.717) is 17.7 Å². The molecule has 25 heavy (non-hydrogen) atoms. The molecule has 1 aliphatic heterocycles. The minimum atomic E-state index is -0.113. The second kappa shape index (κ2) is 7.44. The number of hydrogen-bond acceptors (Lipinski definition) is 5. The molecule has 2 heterocycles. The minimum absolute atomic E-state index is 0.113. The maximum Gasteiger partial charge on any atom is 0.232 e. The number of carbonyl (C=O) groups excluding carboxylic acids is 1. The zero-order valence-electron chi connectivity index (χ0n) is 16.0. The number of nitrogens with one attached hydrogen (secondary N) is 1. The quantitative estimate of drug-likeness (QED) is 0.856. The van der Waals surface area contributed by atoms with Crippen molar-refractivity contribution in [3.63, 3.8) is 0 Å². The molecular formula is C19H32N4O2.